The molecule has 102 valence electrons. The number of hydrogen-bond donors (Lipinski definition) is 1. The lowest BCUT2D eigenvalue weighted by molar-refractivity contribution is 0.391. The van der Waals surface area contributed by atoms with E-state index in [4.69, 9.17) is 0 Å². The van der Waals surface area contributed by atoms with Crippen molar-refractivity contribution in [1.29, 1.82) is 0 Å². The average molecular weight is 257 g/mol. The van der Waals surface area contributed by atoms with Crippen molar-refractivity contribution in [3.05, 3.63) is 42.2 Å². The van der Waals surface area contributed by atoms with E-state index in [1.807, 2.05) is 12.4 Å². The number of benzene rings is 1. The summed E-state index contributed by atoms with van der Waals surface area (Å²) in [5.74, 6) is 0. The zero-order valence-corrected chi connectivity index (χ0v) is 11.9. The van der Waals surface area contributed by atoms with Gasteiger partial charge in [-0.05, 0) is 51.0 Å². The molecule has 0 saturated carbocycles. The number of aromatic nitrogens is 1. The Morgan fingerprint density at radius 3 is 2.79 bits per heavy atom. The number of fused-ring (bicyclic) bond motifs is 1. The first-order chi connectivity index (χ1) is 9.27. The Balaban J connectivity index is 1.82. The van der Waals surface area contributed by atoms with Gasteiger partial charge in [0.25, 0.3) is 0 Å². The lowest BCUT2D eigenvalue weighted by Gasteiger charge is -2.10. The smallest absolute Gasteiger partial charge is 0.0346 e. The van der Waals surface area contributed by atoms with Crippen LogP contribution in [0.4, 0.5) is 0 Å². The summed E-state index contributed by atoms with van der Waals surface area (Å²) in [6.07, 6.45) is 6.36. The molecule has 1 aromatic heterocycles. The highest BCUT2D eigenvalue weighted by Crippen LogP contribution is 2.16. The number of unbranched alkanes of at least 4 members (excludes halogenated alkanes) is 1. The summed E-state index contributed by atoms with van der Waals surface area (Å²) in [4.78, 5) is 6.54. The second-order valence-electron chi connectivity index (χ2n) is 5.21. The van der Waals surface area contributed by atoms with Crippen molar-refractivity contribution >= 4 is 10.8 Å². The molecule has 2 rings (SSSR count). The number of nitrogens with one attached hydrogen (secondary N) is 1. The third kappa shape index (κ3) is 4.30. The van der Waals surface area contributed by atoms with Crippen molar-refractivity contribution < 1.29 is 0 Å². The van der Waals surface area contributed by atoms with Crippen molar-refractivity contribution in [1.82, 2.24) is 15.2 Å². The van der Waals surface area contributed by atoms with E-state index >= 15 is 0 Å². The first-order valence-corrected chi connectivity index (χ1v) is 6.94. The summed E-state index contributed by atoms with van der Waals surface area (Å²) in [5.41, 5.74) is 1.28. The van der Waals surface area contributed by atoms with Crippen molar-refractivity contribution in [2.24, 2.45) is 0 Å². The van der Waals surface area contributed by atoms with Crippen LogP contribution >= 0.6 is 0 Å². The normalized spacial score (nSPS) is 11.3. The van der Waals surface area contributed by atoms with E-state index in [9.17, 15) is 0 Å². The molecule has 0 spiro atoms. The van der Waals surface area contributed by atoms with Gasteiger partial charge >= 0.3 is 0 Å². The zero-order valence-electron chi connectivity index (χ0n) is 11.9. The maximum absolute atomic E-state index is 4.30. The highest BCUT2D eigenvalue weighted by Gasteiger charge is 2.00. The third-order valence-corrected chi connectivity index (χ3v) is 3.28. The largest absolute Gasteiger partial charge is 0.313 e. The molecule has 0 radical (unpaired) electrons. The van der Waals surface area contributed by atoms with Crippen molar-refractivity contribution in [2.75, 3.05) is 27.2 Å². The summed E-state index contributed by atoms with van der Waals surface area (Å²) in [7, 11) is 4.24. The van der Waals surface area contributed by atoms with Crippen LogP contribution in [0.25, 0.3) is 10.8 Å². The predicted molar refractivity (Wildman–Crippen MR) is 81.2 cm³/mol. The SMILES string of the molecule is CN(C)CCCCNCc1cncc2ccccc12. The molecular formula is C16H23N3. The molecule has 0 aliphatic rings. The van der Waals surface area contributed by atoms with Gasteiger partial charge in [-0.15, -0.1) is 0 Å². The number of hydrogen-bond acceptors (Lipinski definition) is 3. The molecule has 1 heterocycles. The molecule has 3 nitrogen and oxygen atoms in total. The quantitative estimate of drug-likeness (QED) is 0.773. The van der Waals surface area contributed by atoms with Crippen LogP contribution in [0.2, 0.25) is 0 Å². The van der Waals surface area contributed by atoms with Crippen LogP contribution in [0.15, 0.2) is 36.7 Å². The van der Waals surface area contributed by atoms with Gasteiger partial charge in [0, 0.05) is 24.3 Å². The molecule has 3 heteroatoms. The number of rotatable bonds is 7. The Hall–Kier alpha value is -1.45. The third-order valence-electron chi connectivity index (χ3n) is 3.28. The summed E-state index contributed by atoms with van der Waals surface area (Å²) in [5, 5.41) is 6.03. The van der Waals surface area contributed by atoms with Gasteiger partial charge in [-0.25, -0.2) is 0 Å². The minimum atomic E-state index is 0.899. The maximum atomic E-state index is 4.30. The summed E-state index contributed by atoms with van der Waals surface area (Å²) < 4.78 is 0. The van der Waals surface area contributed by atoms with Crippen LogP contribution in [0.1, 0.15) is 18.4 Å². The van der Waals surface area contributed by atoms with Crippen LogP contribution in [0, 0.1) is 0 Å². The van der Waals surface area contributed by atoms with Crippen LogP contribution in [0.3, 0.4) is 0 Å². The Morgan fingerprint density at radius 1 is 1.11 bits per heavy atom. The van der Waals surface area contributed by atoms with E-state index in [-0.39, 0.29) is 0 Å². The van der Waals surface area contributed by atoms with Gasteiger partial charge in [-0.2, -0.15) is 0 Å². The molecule has 0 fully saturated rings. The summed E-state index contributed by atoms with van der Waals surface area (Å²) >= 11 is 0. The Labute approximate surface area is 115 Å². The number of pyridine rings is 1. The molecule has 0 bridgehead atoms. The molecule has 0 saturated heterocycles. The summed E-state index contributed by atoms with van der Waals surface area (Å²) in [6.45, 7) is 3.13. The second kappa shape index (κ2) is 7.22. The summed E-state index contributed by atoms with van der Waals surface area (Å²) in [6, 6.07) is 8.42. The van der Waals surface area contributed by atoms with Crippen LogP contribution in [-0.4, -0.2) is 37.1 Å². The highest BCUT2D eigenvalue weighted by molar-refractivity contribution is 5.84. The first-order valence-electron chi connectivity index (χ1n) is 6.94. The molecule has 0 amide bonds. The Kier molecular flexibility index (Phi) is 5.31. The van der Waals surface area contributed by atoms with Gasteiger partial charge in [0.15, 0.2) is 0 Å². The molecule has 2 aromatic rings. The van der Waals surface area contributed by atoms with E-state index in [0.29, 0.717) is 0 Å². The van der Waals surface area contributed by atoms with Crippen LogP contribution < -0.4 is 5.32 Å². The van der Waals surface area contributed by atoms with Gasteiger partial charge in [0.1, 0.15) is 0 Å². The van der Waals surface area contributed by atoms with Gasteiger partial charge < -0.3 is 10.2 Å². The highest BCUT2D eigenvalue weighted by atomic mass is 15.0. The molecule has 1 aromatic carbocycles. The monoisotopic (exact) mass is 257 g/mol. The minimum Gasteiger partial charge on any atom is -0.313 e. The van der Waals surface area contributed by atoms with Crippen molar-refractivity contribution in [3.8, 4) is 0 Å². The molecule has 0 atom stereocenters. The van der Waals surface area contributed by atoms with Gasteiger partial charge in [0.05, 0.1) is 0 Å². The predicted octanol–water partition coefficient (Wildman–Crippen LogP) is 2.67. The maximum Gasteiger partial charge on any atom is 0.0346 e. The van der Waals surface area contributed by atoms with Crippen molar-refractivity contribution in [2.45, 2.75) is 19.4 Å². The lowest BCUT2D eigenvalue weighted by Crippen LogP contribution is -2.18. The lowest BCUT2D eigenvalue weighted by atomic mass is 10.1. The molecular weight excluding hydrogens is 234 g/mol. The van der Waals surface area contributed by atoms with E-state index in [0.717, 1.165) is 19.6 Å². The Bertz CT molecular complexity index is 503. The van der Waals surface area contributed by atoms with E-state index < -0.39 is 0 Å². The van der Waals surface area contributed by atoms with Gasteiger partial charge in [0.2, 0.25) is 0 Å². The topological polar surface area (TPSA) is 28.2 Å². The van der Waals surface area contributed by atoms with Crippen LogP contribution in [-0.2, 0) is 6.54 Å². The fraction of sp³-hybridized carbons (Fsp3) is 0.438. The van der Waals surface area contributed by atoms with E-state index in [2.05, 4.69) is 53.6 Å². The zero-order chi connectivity index (χ0) is 13.5. The van der Waals surface area contributed by atoms with Gasteiger partial charge in [-0.1, -0.05) is 24.3 Å². The standard InChI is InChI=1S/C16H23N3/c1-19(2)10-6-5-9-17-12-15-13-18-11-14-7-3-4-8-16(14)15/h3-4,7-8,11,13,17H,5-6,9-10,12H2,1-2H3. The number of nitrogens with zero attached hydrogens (tertiary/aromatic N) is 2. The molecule has 0 aliphatic heterocycles. The van der Waals surface area contributed by atoms with E-state index in [1.54, 1.807) is 0 Å². The van der Waals surface area contributed by atoms with Crippen LogP contribution in [0.5, 0.6) is 0 Å². The fourth-order valence-electron chi connectivity index (χ4n) is 2.22. The first kappa shape index (κ1) is 14.0. The average Bonchev–Trinajstić information content (AvgIpc) is 2.42. The Morgan fingerprint density at radius 2 is 1.95 bits per heavy atom. The molecule has 0 aliphatic carbocycles. The molecule has 19 heavy (non-hydrogen) atoms. The fourth-order valence-corrected chi connectivity index (χ4v) is 2.22. The minimum absolute atomic E-state index is 0.899. The second-order valence-corrected chi connectivity index (χ2v) is 5.21. The van der Waals surface area contributed by atoms with E-state index in [1.165, 1.54) is 29.2 Å². The molecule has 0 unspecified atom stereocenters. The van der Waals surface area contributed by atoms with Crippen molar-refractivity contribution in [3.63, 3.8) is 0 Å². The molecule has 1 N–H and O–H groups in total. The van der Waals surface area contributed by atoms with Gasteiger partial charge in [-0.3, -0.25) is 4.98 Å².